The number of ether oxygens (including phenoxy) is 3. The van der Waals surface area contributed by atoms with E-state index in [4.69, 9.17) is 25.8 Å². The predicted molar refractivity (Wildman–Crippen MR) is 122 cm³/mol. The van der Waals surface area contributed by atoms with E-state index < -0.39 is 11.9 Å². The fourth-order valence-corrected chi connectivity index (χ4v) is 2.86. The lowest BCUT2D eigenvalue weighted by Crippen LogP contribution is -2.30. The molecule has 7 nitrogen and oxygen atoms in total. The molecule has 1 aromatic carbocycles. The third-order valence-corrected chi connectivity index (χ3v) is 4.54. The number of halogens is 1. The zero-order valence-corrected chi connectivity index (χ0v) is 19.5. The molecule has 0 bridgehead atoms. The molecule has 0 saturated carbocycles. The maximum absolute atomic E-state index is 12.2. The second kappa shape index (κ2) is 15.5. The standard InChI is InChI=1S/C17H28N2O5.C6H5Cl/c1-5-7-18-8-9-23-11-15-14(17(21)24-6-2)10-13(12(3)19-15)16(20)22-4;7-6-4-2-1-3-5-6/h18-19H,5-11H2,1-4H3;1-5H. The molecule has 1 aliphatic heterocycles. The monoisotopic (exact) mass is 452 g/mol. The fourth-order valence-electron chi connectivity index (χ4n) is 2.71. The molecule has 1 aliphatic rings. The van der Waals surface area contributed by atoms with Crippen LogP contribution in [0.3, 0.4) is 0 Å². The molecule has 0 amide bonds. The summed E-state index contributed by atoms with van der Waals surface area (Å²) in [6, 6.07) is 9.44. The Labute approximate surface area is 189 Å². The molecule has 172 valence electrons. The van der Waals surface area contributed by atoms with E-state index in [0.717, 1.165) is 24.5 Å². The Balaban J connectivity index is 0.000000577. The molecule has 0 atom stereocenters. The zero-order chi connectivity index (χ0) is 23.1. The highest BCUT2D eigenvalue weighted by molar-refractivity contribution is 6.30. The van der Waals surface area contributed by atoms with E-state index in [0.29, 0.717) is 29.1 Å². The lowest BCUT2D eigenvalue weighted by molar-refractivity contribution is -0.138. The van der Waals surface area contributed by atoms with Gasteiger partial charge in [0.05, 0.1) is 43.8 Å². The van der Waals surface area contributed by atoms with Gasteiger partial charge in [-0.15, -0.1) is 0 Å². The highest BCUT2D eigenvalue weighted by Gasteiger charge is 2.28. The summed E-state index contributed by atoms with van der Waals surface area (Å²) in [5.74, 6) is -0.896. The molecule has 1 aromatic rings. The summed E-state index contributed by atoms with van der Waals surface area (Å²) in [4.78, 5) is 24.0. The molecule has 0 saturated heterocycles. The quantitative estimate of drug-likeness (QED) is 0.414. The largest absolute Gasteiger partial charge is 0.466 e. The molecule has 1 heterocycles. The van der Waals surface area contributed by atoms with Crippen molar-refractivity contribution in [2.24, 2.45) is 0 Å². The molecule has 0 aromatic heterocycles. The van der Waals surface area contributed by atoms with Crippen LogP contribution >= 0.6 is 11.6 Å². The van der Waals surface area contributed by atoms with Gasteiger partial charge in [-0.3, -0.25) is 0 Å². The smallest absolute Gasteiger partial charge is 0.336 e. The van der Waals surface area contributed by atoms with Gasteiger partial charge in [-0.05, 0) is 38.9 Å². The van der Waals surface area contributed by atoms with Crippen molar-refractivity contribution in [2.45, 2.75) is 33.6 Å². The summed E-state index contributed by atoms with van der Waals surface area (Å²) in [7, 11) is 1.32. The predicted octanol–water partition coefficient (Wildman–Crippen LogP) is 3.60. The van der Waals surface area contributed by atoms with E-state index in [1.807, 2.05) is 30.3 Å². The molecule has 0 fully saturated rings. The third kappa shape index (κ3) is 10.0. The number of methoxy groups -OCH3 is 1. The molecule has 0 unspecified atom stereocenters. The zero-order valence-electron chi connectivity index (χ0n) is 18.8. The van der Waals surface area contributed by atoms with Crippen molar-refractivity contribution in [3.05, 3.63) is 57.9 Å². The van der Waals surface area contributed by atoms with Crippen molar-refractivity contribution in [2.75, 3.05) is 40.0 Å². The Hall–Kier alpha value is -2.35. The van der Waals surface area contributed by atoms with Gasteiger partial charge < -0.3 is 24.8 Å². The number of esters is 2. The van der Waals surface area contributed by atoms with E-state index >= 15 is 0 Å². The van der Waals surface area contributed by atoms with Crippen LogP contribution in [0.1, 0.15) is 33.6 Å². The van der Waals surface area contributed by atoms with Crippen LogP contribution in [-0.2, 0) is 23.8 Å². The van der Waals surface area contributed by atoms with Crippen LogP contribution in [0.5, 0.6) is 0 Å². The second-order valence-corrected chi connectivity index (χ2v) is 7.11. The fraction of sp³-hybridized carbons (Fsp3) is 0.478. The Morgan fingerprint density at radius 3 is 2.35 bits per heavy atom. The molecular weight excluding hydrogens is 420 g/mol. The average molecular weight is 453 g/mol. The number of hydrogen-bond donors (Lipinski definition) is 2. The first-order chi connectivity index (χ1) is 14.9. The summed E-state index contributed by atoms with van der Waals surface area (Å²) in [6.07, 6.45) is 1.25. The molecule has 0 aliphatic carbocycles. The number of nitrogens with one attached hydrogen (secondary N) is 2. The van der Waals surface area contributed by atoms with Crippen molar-refractivity contribution in [3.63, 3.8) is 0 Å². The van der Waals surface area contributed by atoms with Crippen molar-refractivity contribution in [1.29, 1.82) is 0 Å². The minimum absolute atomic E-state index is 0.178. The molecule has 2 rings (SSSR count). The van der Waals surface area contributed by atoms with Crippen LogP contribution in [0.25, 0.3) is 0 Å². The van der Waals surface area contributed by atoms with Gasteiger partial charge in [0.15, 0.2) is 0 Å². The number of allylic oxidation sites excluding steroid dienone is 1. The minimum Gasteiger partial charge on any atom is -0.466 e. The first kappa shape index (κ1) is 26.7. The Morgan fingerprint density at radius 2 is 1.81 bits per heavy atom. The summed E-state index contributed by atoms with van der Waals surface area (Å²) < 4.78 is 15.5. The van der Waals surface area contributed by atoms with Gasteiger partial charge in [0.25, 0.3) is 0 Å². The lowest BCUT2D eigenvalue weighted by atomic mass is 9.98. The van der Waals surface area contributed by atoms with Crippen molar-refractivity contribution >= 4 is 23.5 Å². The van der Waals surface area contributed by atoms with Gasteiger partial charge in [0.1, 0.15) is 0 Å². The van der Waals surface area contributed by atoms with Crippen molar-refractivity contribution in [1.82, 2.24) is 10.6 Å². The van der Waals surface area contributed by atoms with Crippen LogP contribution in [0, 0.1) is 0 Å². The number of benzene rings is 1. The van der Waals surface area contributed by atoms with E-state index in [9.17, 15) is 9.59 Å². The molecule has 2 N–H and O–H groups in total. The Kier molecular flexibility index (Phi) is 13.3. The van der Waals surface area contributed by atoms with Crippen LogP contribution in [0.2, 0.25) is 5.02 Å². The first-order valence-corrected chi connectivity index (χ1v) is 10.8. The average Bonchev–Trinajstić information content (AvgIpc) is 2.77. The molecule has 0 spiro atoms. The Morgan fingerprint density at radius 1 is 1.10 bits per heavy atom. The van der Waals surface area contributed by atoms with Crippen LogP contribution in [0.4, 0.5) is 0 Å². The van der Waals surface area contributed by atoms with Crippen LogP contribution < -0.4 is 10.6 Å². The Bertz CT molecular complexity index is 762. The SMILES string of the molecule is CCCNCCOCC1=C(C(=O)OCC)CC(C(=O)OC)=C(C)N1.Clc1ccccc1. The number of carbonyl (C=O) groups is 2. The molecule has 31 heavy (non-hydrogen) atoms. The summed E-state index contributed by atoms with van der Waals surface area (Å²) >= 11 is 5.54. The maximum atomic E-state index is 12.2. The van der Waals surface area contributed by atoms with E-state index in [-0.39, 0.29) is 19.6 Å². The van der Waals surface area contributed by atoms with Gasteiger partial charge >= 0.3 is 11.9 Å². The van der Waals surface area contributed by atoms with Gasteiger partial charge in [-0.1, -0.05) is 36.7 Å². The van der Waals surface area contributed by atoms with Crippen LogP contribution in [0.15, 0.2) is 52.9 Å². The van der Waals surface area contributed by atoms with Crippen molar-refractivity contribution in [3.8, 4) is 0 Å². The molecular formula is C23H33ClN2O5. The minimum atomic E-state index is -0.453. The van der Waals surface area contributed by atoms with Gasteiger partial charge in [-0.25, -0.2) is 9.59 Å². The normalized spacial score (nSPS) is 13.2. The number of rotatable bonds is 10. The van der Waals surface area contributed by atoms with E-state index in [2.05, 4.69) is 17.6 Å². The molecule has 0 radical (unpaired) electrons. The van der Waals surface area contributed by atoms with E-state index in [1.54, 1.807) is 13.8 Å². The number of dihydropyridines is 1. The van der Waals surface area contributed by atoms with Gasteiger partial charge in [0.2, 0.25) is 0 Å². The second-order valence-electron chi connectivity index (χ2n) is 6.67. The van der Waals surface area contributed by atoms with Crippen molar-refractivity contribution < 1.29 is 23.8 Å². The topological polar surface area (TPSA) is 85.9 Å². The number of carbonyl (C=O) groups excluding carboxylic acids is 2. The highest BCUT2D eigenvalue weighted by atomic mass is 35.5. The first-order valence-electron chi connectivity index (χ1n) is 10.4. The number of hydrogen-bond acceptors (Lipinski definition) is 7. The van der Waals surface area contributed by atoms with Crippen LogP contribution in [-0.4, -0.2) is 52.0 Å². The van der Waals surface area contributed by atoms with E-state index in [1.165, 1.54) is 7.11 Å². The lowest BCUT2D eigenvalue weighted by Gasteiger charge is -2.24. The van der Waals surface area contributed by atoms with Gasteiger partial charge in [0, 0.05) is 23.7 Å². The summed E-state index contributed by atoms with van der Waals surface area (Å²) in [5.41, 5.74) is 2.13. The summed E-state index contributed by atoms with van der Waals surface area (Å²) in [5, 5.41) is 7.12. The van der Waals surface area contributed by atoms with Gasteiger partial charge in [-0.2, -0.15) is 0 Å². The third-order valence-electron chi connectivity index (χ3n) is 4.29. The highest BCUT2D eigenvalue weighted by Crippen LogP contribution is 2.25. The summed E-state index contributed by atoms with van der Waals surface area (Å²) in [6.45, 7) is 8.38. The maximum Gasteiger partial charge on any atom is 0.336 e. The molecule has 8 heteroatoms.